The molecule has 1 amide bonds. The summed E-state index contributed by atoms with van der Waals surface area (Å²) in [7, 11) is 1.88. The quantitative estimate of drug-likeness (QED) is 0.387. The first-order chi connectivity index (χ1) is 12.4. The van der Waals surface area contributed by atoms with Crippen molar-refractivity contribution in [3.63, 3.8) is 0 Å². The Kier molecular flexibility index (Phi) is 9.69. The average molecular weight is 367 g/mol. The monoisotopic (exact) mass is 366 g/mol. The van der Waals surface area contributed by atoms with E-state index in [-0.39, 0.29) is 11.8 Å². The summed E-state index contributed by atoms with van der Waals surface area (Å²) in [5.41, 5.74) is 0. The fourth-order valence-electron chi connectivity index (χ4n) is 2.44. The number of nitrogens with one attached hydrogen (secondary N) is 1. The first-order valence-electron chi connectivity index (χ1n) is 9.52. The van der Waals surface area contributed by atoms with Crippen LogP contribution in [-0.2, 0) is 11.2 Å². The molecule has 8 heteroatoms. The van der Waals surface area contributed by atoms with E-state index in [2.05, 4.69) is 20.4 Å². The Morgan fingerprint density at radius 2 is 1.96 bits per heavy atom. The van der Waals surface area contributed by atoms with Crippen LogP contribution in [-0.4, -0.2) is 71.6 Å². The van der Waals surface area contributed by atoms with Gasteiger partial charge in [0, 0.05) is 45.6 Å². The van der Waals surface area contributed by atoms with Crippen LogP contribution in [0.15, 0.2) is 9.52 Å². The standard InChI is InChI=1S/C18H34N6O2/c1-7-19-18(23(6)13-16(25)24(8-2)9-3)20-12-10-11-15-21-17(14(4)5)22-26-15/h14H,7-13H2,1-6H3,(H,19,20). The van der Waals surface area contributed by atoms with Crippen molar-refractivity contribution in [2.24, 2.45) is 4.99 Å². The van der Waals surface area contributed by atoms with Gasteiger partial charge in [0.2, 0.25) is 11.8 Å². The number of aryl methyl sites for hydroxylation is 1. The second-order valence-electron chi connectivity index (χ2n) is 6.46. The van der Waals surface area contributed by atoms with Crippen LogP contribution in [0, 0.1) is 0 Å². The van der Waals surface area contributed by atoms with E-state index >= 15 is 0 Å². The fourth-order valence-corrected chi connectivity index (χ4v) is 2.44. The van der Waals surface area contributed by atoms with Crippen molar-refractivity contribution in [3.8, 4) is 0 Å². The van der Waals surface area contributed by atoms with E-state index in [4.69, 9.17) is 4.52 Å². The number of amides is 1. The van der Waals surface area contributed by atoms with Crippen molar-refractivity contribution in [1.82, 2.24) is 25.3 Å². The van der Waals surface area contributed by atoms with Gasteiger partial charge in [-0.2, -0.15) is 4.98 Å². The highest BCUT2D eigenvalue weighted by Gasteiger charge is 2.15. The Balaban J connectivity index is 2.54. The van der Waals surface area contributed by atoms with Crippen molar-refractivity contribution < 1.29 is 9.32 Å². The minimum Gasteiger partial charge on any atom is -0.357 e. The summed E-state index contributed by atoms with van der Waals surface area (Å²) >= 11 is 0. The summed E-state index contributed by atoms with van der Waals surface area (Å²) in [5, 5.41) is 7.20. The molecule has 1 rings (SSSR count). The van der Waals surface area contributed by atoms with E-state index in [0.29, 0.717) is 25.4 Å². The van der Waals surface area contributed by atoms with Gasteiger partial charge in [0.25, 0.3) is 0 Å². The maximum absolute atomic E-state index is 12.3. The lowest BCUT2D eigenvalue weighted by molar-refractivity contribution is -0.131. The zero-order valence-electron chi connectivity index (χ0n) is 17.1. The van der Waals surface area contributed by atoms with Crippen LogP contribution in [0.5, 0.6) is 0 Å². The Morgan fingerprint density at radius 3 is 2.50 bits per heavy atom. The molecule has 0 radical (unpaired) electrons. The number of hydrogen-bond donors (Lipinski definition) is 1. The van der Waals surface area contributed by atoms with E-state index in [1.807, 2.05) is 51.5 Å². The van der Waals surface area contributed by atoms with Gasteiger partial charge in [-0.3, -0.25) is 9.79 Å². The van der Waals surface area contributed by atoms with Crippen molar-refractivity contribution in [2.45, 2.75) is 53.4 Å². The van der Waals surface area contributed by atoms with Gasteiger partial charge >= 0.3 is 0 Å². The fraction of sp³-hybridized carbons (Fsp3) is 0.778. The third-order valence-corrected chi connectivity index (χ3v) is 4.00. The van der Waals surface area contributed by atoms with Gasteiger partial charge in [0.05, 0.1) is 6.54 Å². The number of aliphatic imine (C=N–C) groups is 1. The molecular weight excluding hydrogens is 332 g/mol. The van der Waals surface area contributed by atoms with Crippen molar-refractivity contribution >= 4 is 11.9 Å². The van der Waals surface area contributed by atoms with E-state index in [1.165, 1.54) is 0 Å². The van der Waals surface area contributed by atoms with Gasteiger partial charge in [-0.1, -0.05) is 19.0 Å². The molecule has 148 valence electrons. The summed E-state index contributed by atoms with van der Waals surface area (Å²) in [6.07, 6.45) is 1.51. The Bertz CT molecular complexity index is 566. The normalized spacial score (nSPS) is 11.7. The van der Waals surface area contributed by atoms with Crippen LogP contribution in [0.1, 0.15) is 58.7 Å². The number of likely N-dealkylation sites (N-methyl/N-ethyl adjacent to an activating group) is 2. The molecule has 0 spiro atoms. The number of carbonyl (C=O) groups excluding carboxylic acids is 1. The molecule has 0 aliphatic rings. The number of aromatic nitrogens is 2. The van der Waals surface area contributed by atoms with E-state index in [1.54, 1.807) is 0 Å². The number of carbonyl (C=O) groups is 1. The summed E-state index contributed by atoms with van der Waals surface area (Å²) in [6.45, 7) is 13.2. The van der Waals surface area contributed by atoms with Gasteiger partial charge in [-0.25, -0.2) is 0 Å². The molecule has 0 fully saturated rings. The average Bonchev–Trinajstić information content (AvgIpc) is 3.07. The number of rotatable bonds is 10. The molecule has 0 aromatic carbocycles. The molecular formula is C18H34N6O2. The van der Waals surface area contributed by atoms with Crippen LogP contribution in [0.25, 0.3) is 0 Å². The zero-order chi connectivity index (χ0) is 19.5. The molecule has 0 saturated heterocycles. The highest BCUT2D eigenvalue weighted by molar-refractivity contribution is 5.86. The molecule has 0 bridgehead atoms. The molecule has 0 aliphatic carbocycles. The smallest absolute Gasteiger partial charge is 0.242 e. The summed E-state index contributed by atoms with van der Waals surface area (Å²) in [5.74, 6) is 2.50. The van der Waals surface area contributed by atoms with Crippen LogP contribution in [0.2, 0.25) is 0 Å². The van der Waals surface area contributed by atoms with Crippen molar-refractivity contribution in [3.05, 3.63) is 11.7 Å². The summed E-state index contributed by atoms with van der Waals surface area (Å²) < 4.78 is 5.25. The third-order valence-electron chi connectivity index (χ3n) is 4.00. The van der Waals surface area contributed by atoms with E-state index < -0.39 is 0 Å². The van der Waals surface area contributed by atoms with Crippen LogP contribution < -0.4 is 5.32 Å². The largest absolute Gasteiger partial charge is 0.357 e. The first-order valence-corrected chi connectivity index (χ1v) is 9.52. The lowest BCUT2D eigenvalue weighted by atomic mass is 10.2. The lowest BCUT2D eigenvalue weighted by Crippen LogP contribution is -2.45. The van der Waals surface area contributed by atoms with Gasteiger partial charge in [-0.15, -0.1) is 0 Å². The highest BCUT2D eigenvalue weighted by atomic mass is 16.5. The molecule has 0 saturated carbocycles. The summed E-state index contributed by atoms with van der Waals surface area (Å²) in [4.78, 5) is 24.9. The van der Waals surface area contributed by atoms with Crippen LogP contribution in [0.3, 0.4) is 0 Å². The molecule has 1 aromatic rings. The minimum absolute atomic E-state index is 0.107. The summed E-state index contributed by atoms with van der Waals surface area (Å²) in [6, 6.07) is 0. The van der Waals surface area contributed by atoms with Gasteiger partial charge < -0.3 is 19.6 Å². The molecule has 1 aromatic heterocycles. The predicted octanol–water partition coefficient (Wildman–Crippen LogP) is 1.89. The van der Waals surface area contributed by atoms with E-state index in [0.717, 1.165) is 37.8 Å². The topological polar surface area (TPSA) is 86.9 Å². The maximum atomic E-state index is 12.3. The van der Waals surface area contributed by atoms with Gasteiger partial charge in [-0.05, 0) is 27.2 Å². The second-order valence-corrected chi connectivity index (χ2v) is 6.46. The number of hydrogen-bond acceptors (Lipinski definition) is 5. The molecule has 0 atom stereocenters. The maximum Gasteiger partial charge on any atom is 0.242 e. The van der Waals surface area contributed by atoms with E-state index in [9.17, 15) is 4.79 Å². The number of nitrogens with zero attached hydrogens (tertiary/aromatic N) is 5. The number of guanidine groups is 1. The van der Waals surface area contributed by atoms with Crippen molar-refractivity contribution in [2.75, 3.05) is 39.8 Å². The Morgan fingerprint density at radius 1 is 1.27 bits per heavy atom. The minimum atomic E-state index is 0.107. The Hall–Kier alpha value is -2.12. The highest BCUT2D eigenvalue weighted by Crippen LogP contribution is 2.10. The Labute approximate surface area is 157 Å². The van der Waals surface area contributed by atoms with Gasteiger partial charge in [0.1, 0.15) is 0 Å². The molecule has 8 nitrogen and oxygen atoms in total. The predicted molar refractivity (Wildman–Crippen MR) is 103 cm³/mol. The zero-order valence-corrected chi connectivity index (χ0v) is 17.1. The van der Waals surface area contributed by atoms with Crippen LogP contribution in [0.4, 0.5) is 0 Å². The molecule has 0 unspecified atom stereocenters. The second kappa shape index (κ2) is 11.5. The molecule has 1 N–H and O–H groups in total. The first kappa shape index (κ1) is 21.9. The van der Waals surface area contributed by atoms with Crippen LogP contribution >= 0.6 is 0 Å². The molecule has 26 heavy (non-hydrogen) atoms. The SMILES string of the molecule is CCNC(=NCCCc1nc(C(C)C)no1)N(C)CC(=O)N(CC)CC. The molecule has 1 heterocycles. The molecule has 0 aliphatic heterocycles. The third kappa shape index (κ3) is 7.01. The van der Waals surface area contributed by atoms with Gasteiger partial charge in [0.15, 0.2) is 11.8 Å². The van der Waals surface area contributed by atoms with Crippen molar-refractivity contribution in [1.29, 1.82) is 0 Å². The lowest BCUT2D eigenvalue weighted by Gasteiger charge is -2.25.